The maximum Gasteiger partial charge on any atom is 0.407 e. The summed E-state index contributed by atoms with van der Waals surface area (Å²) in [5.74, 6) is -2.94. The van der Waals surface area contributed by atoms with Crippen LogP contribution in [0.4, 0.5) is 13.6 Å². The van der Waals surface area contributed by atoms with Crippen LogP contribution in [0.1, 0.15) is 22.7 Å². The van der Waals surface area contributed by atoms with Gasteiger partial charge in [-0.15, -0.1) is 0 Å². The number of carbonyl (C=O) groups excluding carboxylic acids is 1. The molecule has 4 aromatic rings. The second-order valence-corrected chi connectivity index (χ2v) is 8.53. The topological polar surface area (TPSA) is 80.6 Å². The van der Waals surface area contributed by atoms with Crippen LogP contribution < -0.4 is 5.32 Å². The zero-order chi connectivity index (χ0) is 25.2. The summed E-state index contributed by atoms with van der Waals surface area (Å²) in [6.45, 7) is 0.0450. The Hall–Kier alpha value is -4.46. The van der Waals surface area contributed by atoms with E-state index in [0.717, 1.165) is 34.4 Å². The number of benzene rings is 3. The molecule has 0 saturated carbocycles. The lowest BCUT2D eigenvalue weighted by Crippen LogP contribution is -2.43. The second kappa shape index (κ2) is 9.65. The molecule has 1 atom stereocenters. The first-order valence-corrected chi connectivity index (χ1v) is 11.4. The van der Waals surface area contributed by atoms with Crippen LogP contribution in [0.3, 0.4) is 0 Å². The van der Waals surface area contributed by atoms with E-state index in [1.807, 2.05) is 48.5 Å². The quantitative estimate of drug-likeness (QED) is 0.371. The summed E-state index contributed by atoms with van der Waals surface area (Å²) >= 11 is 0. The van der Waals surface area contributed by atoms with Gasteiger partial charge in [0.25, 0.3) is 0 Å². The summed E-state index contributed by atoms with van der Waals surface area (Å²) in [5.41, 5.74) is 4.74. The van der Waals surface area contributed by atoms with Gasteiger partial charge in [0.15, 0.2) is 0 Å². The number of halogens is 2. The number of ether oxygens (including phenoxy) is 1. The first-order valence-electron chi connectivity index (χ1n) is 11.4. The van der Waals surface area contributed by atoms with Gasteiger partial charge in [-0.05, 0) is 46.5 Å². The lowest BCUT2D eigenvalue weighted by molar-refractivity contribution is -0.139. The van der Waals surface area contributed by atoms with Crippen molar-refractivity contribution in [2.24, 2.45) is 0 Å². The molecule has 0 radical (unpaired) electrons. The average molecular weight is 488 g/mol. The van der Waals surface area contributed by atoms with E-state index < -0.39 is 29.7 Å². The Morgan fingerprint density at radius 1 is 0.944 bits per heavy atom. The van der Waals surface area contributed by atoms with E-state index in [2.05, 4.69) is 5.32 Å². The van der Waals surface area contributed by atoms with Crippen molar-refractivity contribution in [2.75, 3.05) is 6.61 Å². The van der Waals surface area contributed by atoms with Gasteiger partial charge < -0.3 is 19.7 Å². The molecule has 1 aromatic heterocycles. The Labute approximate surface area is 205 Å². The molecular formula is C28H22F2N2O4. The summed E-state index contributed by atoms with van der Waals surface area (Å²) in [7, 11) is 0. The van der Waals surface area contributed by atoms with Crippen molar-refractivity contribution in [3.63, 3.8) is 0 Å². The zero-order valence-electron chi connectivity index (χ0n) is 19.0. The van der Waals surface area contributed by atoms with E-state index in [9.17, 15) is 23.5 Å². The highest BCUT2D eigenvalue weighted by Gasteiger charge is 2.30. The van der Waals surface area contributed by atoms with Crippen LogP contribution in [0.25, 0.3) is 16.8 Å². The summed E-state index contributed by atoms with van der Waals surface area (Å²) in [6, 6.07) is 20.8. The van der Waals surface area contributed by atoms with Crippen molar-refractivity contribution < 1.29 is 28.2 Å². The Morgan fingerprint density at radius 3 is 2.25 bits per heavy atom. The van der Waals surface area contributed by atoms with Crippen LogP contribution in [0, 0.1) is 11.6 Å². The van der Waals surface area contributed by atoms with Crippen LogP contribution in [0.15, 0.2) is 85.1 Å². The van der Waals surface area contributed by atoms with Crippen molar-refractivity contribution in [1.29, 1.82) is 0 Å². The van der Waals surface area contributed by atoms with Crippen molar-refractivity contribution in [3.05, 3.63) is 114 Å². The Kier molecular flexibility index (Phi) is 6.25. The monoisotopic (exact) mass is 488 g/mol. The van der Waals surface area contributed by atoms with E-state index in [0.29, 0.717) is 5.69 Å². The normalized spacial score (nSPS) is 13.1. The van der Waals surface area contributed by atoms with Gasteiger partial charge in [-0.1, -0.05) is 48.5 Å². The third-order valence-electron chi connectivity index (χ3n) is 6.35. The molecule has 0 bridgehead atoms. The number of alkyl carbamates (subject to hydrolysis) is 1. The summed E-state index contributed by atoms with van der Waals surface area (Å²) in [6.07, 6.45) is 0.539. The molecule has 1 amide bonds. The van der Waals surface area contributed by atoms with E-state index in [4.69, 9.17) is 4.74 Å². The number of hydrogen-bond acceptors (Lipinski definition) is 3. The van der Waals surface area contributed by atoms with Crippen LogP contribution >= 0.6 is 0 Å². The lowest BCUT2D eigenvalue weighted by atomic mass is 9.98. The predicted molar refractivity (Wildman–Crippen MR) is 129 cm³/mol. The number of aromatic nitrogens is 1. The van der Waals surface area contributed by atoms with Gasteiger partial charge in [0.05, 0.1) is 5.69 Å². The third-order valence-corrected chi connectivity index (χ3v) is 6.35. The van der Waals surface area contributed by atoms with Crippen molar-refractivity contribution >= 4 is 12.1 Å². The third kappa shape index (κ3) is 4.45. The van der Waals surface area contributed by atoms with E-state index in [1.165, 1.54) is 16.8 Å². The smallest absolute Gasteiger partial charge is 0.407 e. The van der Waals surface area contributed by atoms with Gasteiger partial charge in [0, 0.05) is 30.3 Å². The molecule has 8 heteroatoms. The maximum absolute atomic E-state index is 14.3. The fourth-order valence-electron chi connectivity index (χ4n) is 4.69. The van der Waals surface area contributed by atoms with Crippen LogP contribution in [0.2, 0.25) is 0 Å². The number of carboxylic acids is 1. The molecule has 6 nitrogen and oxygen atoms in total. The van der Waals surface area contributed by atoms with Crippen molar-refractivity contribution in [3.8, 4) is 16.8 Å². The van der Waals surface area contributed by atoms with E-state index in [1.54, 1.807) is 12.1 Å². The van der Waals surface area contributed by atoms with Crippen molar-refractivity contribution in [1.82, 2.24) is 9.88 Å². The summed E-state index contributed by atoms with van der Waals surface area (Å²) in [5, 5.41) is 12.1. The van der Waals surface area contributed by atoms with Gasteiger partial charge in [-0.25, -0.2) is 18.4 Å². The highest BCUT2D eigenvalue weighted by Crippen LogP contribution is 2.44. The maximum atomic E-state index is 14.3. The minimum atomic E-state index is -1.32. The largest absolute Gasteiger partial charge is 0.480 e. The molecule has 1 heterocycles. The fraction of sp³-hybridized carbons (Fsp3) is 0.143. The molecule has 1 aliphatic carbocycles. The SMILES string of the molecule is O=C(NC(Cc1cccn1-c1ccc(F)cc1F)C(=O)O)OCC1c2ccccc2-c2ccccc21. The standard InChI is InChI=1S/C28H22F2N2O4/c29-17-11-12-26(24(30)14-17)32-13-5-6-18(32)15-25(27(33)34)31-28(35)36-16-23-21-9-3-1-7-19(21)20-8-2-4-10-22(20)23/h1-14,23,25H,15-16H2,(H,31,35)(H,33,34). The Balaban J connectivity index is 1.28. The lowest BCUT2D eigenvalue weighted by Gasteiger charge is -2.18. The summed E-state index contributed by atoms with van der Waals surface area (Å²) < 4.78 is 34.5. The van der Waals surface area contributed by atoms with Gasteiger partial charge in [0.1, 0.15) is 24.3 Å². The van der Waals surface area contributed by atoms with Crippen LogP contribution in [0.5, 0.6) is 0 Å². The van der Waals surface area contributed by atoms with Gasteiger partial charge in [-0.2, -0.15) is 0 Å². The molecule has 0 spiro atoms. The summed E-state index contributed by atoms with van der Waals surface area (Å²) in [4.78, 5) is 24.5. The molecule has 1 aliphatic rings. The molecule has 0 aliphatic heterocycles. The molecular weight excluding hydrogens is 466 g/mol. The number of nitrogens with zero attached hydrogens (tertiary/aromatic N) is 1. The Morgan fingerprint density at radius 2 is 1.61 bits per heavy atom. The van der Waals surface area contributed by atoms with Gasteiger partial charge in [0.2, 0.25) is 0 Å². The molecule has 2 N–H and O–H groups in total. The van der Waals surface area contributed by atoms with Crippen molar-refractivity contribution in [2.45, 2.75) is 18.4 Å². The second-order valence-electron chi connectivity index (χ2n) is 8.53. The highest BCUT2D eigenvalue weighted by atomic mass is 19.1. The number of aliphatic carboxylic acids is 1. The molecule has 3 aromatic carbocycles. The average Bonchev–Trinajstić information content (AvgIpc) is 3.45. The first kappa shape index (κ1) is 23.3. The fourth-order valence-corrected chi connectivity index (χ4v) is 4.69. The number of carbonyl (C=O) groups is 2. The van der Waals surface area contributed by atoms with Gasteiger partial charge >= 0.3 is 12.1 Å². The highest BCUT2D eigenvalue weighted by molar-refractivity contribution is 5.81. The van der Waals surface area contributed by atoms with E-state index in [-0.39, 0.29) is 24.6 Å². The molecule has 182 valence electrons. The number of nitrogens with one attached hydrogen (secondary N) is 1. The number of amides is 1. The minimum absolute atomic E-state index is 0.0450. The Bertz CT molecular complexity index is 1400. The number of hydrogen-bond donors (Lipinski definition) is 2. The number of carboxylic acid groups (broad SMARTS) is 1. The molecule has 5 rings (SSSR count). The zero-order valence-corrected chi connectivity index (χ0v) is 19.0. The van der Waals surface area contributed by atoms with Crippen LogP contribution in [-0.4, -0.2) is 34.4 Å². The minimum Gasteiger partial charge on any atom is -0.480 e. The first-order chi connectivity index (χ1) is 17.4. The number of rotatable bonds is 7. The molecule has 0 saturated heterocycles. The predicted octanol–water partition coefficient (Wildman–Crippen LogP) is 5.29. The molecule has 1 unspecified atom stereocenters. The van der Waals surface area contributed by atoms with Crippen LogP contribution in [-0.2, 0) is 16.0 Å². The molecule has 0 fully saturated rings. The number of fused-ring (bicyclic) bond motifs is 3. The molecule has 36 heavy (non-hydrogen) atoms. The van der Waals surface area contributed by atoms with Gasteiger partial charge in [-0.3, -0.25) is 0 Å². The van der Waals surface area contributed by atoms with E-state index >= 15 is 0 Å².